The lowest BCUT2D eigenvalue weighted by molar-refractivity contribution is -0.122. The molecule has 1 amide bonds. The van der Waals surface area contributed by atoms with Crippen LogP contribution in [0.4, 0.5) is 5.69 Å². The molecule has 1 aliphatic carbocycles. The van der Waals surface area contributed by atoms with Gasteiger partial charge in [0.15, 0.2) is 0 Å². The number of benzene rings is 3. The van der Waals surface area contributed by atoms with Crippen molar-refractivity contribution >= 4 is 11.6 Å². The van der Waals surface area contributed by atoms with Crippen molar-refractivity contribution in [3.8, 4) is 11.8 Å². The van der Waals surface area contributed by atoms with E-state index >= 15 is 0 Å². The number of nitrogens with zero attached hydrogens (tertiary/aromatic N) is 1. The standard InChI is InChI=1S/C25H23N3O2/c26-16-18-5-4-6-19(15-18)17-30-23-13-11-21(12-14-23)27-24(20-7-2-1-3-8-20)25(29)28-22-9-10-22/h1-8,11-15,22,24,27H,9-10,17H2,(H,28,29). The second-order valence-corrected chi connectivity index (χ2v) is 7.40. The van der Waals surface area contributed by atoms with Crippen molar-refractivity contribution in [2.24, 2.45) is 0 Å². The van der Waals surface area contributed by atoms with Crippen LogP contribution in [0.2, 0.25) is 0 Å². The average molecular weight is 397 g/mol. The van der Waals surface area contributed by atoms with Crippen LogP contribution in [-0.2, 0) is 11.4 Å². The summed E-state index contributed by atoms with van der Waals surface area (Å²) in [7, 11) is 0. The zero-order valence-electron chi connectivity index (χ0n) is 16.5. The number of amides is 1. The van der Waals surface area contributed by atoms with Gasteiger partial charge in [0, 0.05) is 11.7 Å². The summed E-state index contributed by atoms with van der Waals surface area (Å²) in [4.78, 5) is 12.8. The number of carbonyl (C=O) groups excluding carboxylic acids is 1. The molecule has 0 aromatic heterocycles. The quantitative estimate of drug-likeness (QED) is 0.584. The molecule has 0 saturated heterocycles. The molecule has 30 heavy (non-hydrogen) atoms. The van der Waals surface area contributed by atoms with Gasteiger partial charge >= 0.3 is 0 Å². The highest BCUT2D eigenvalue weighted by Gasteiger charge is 2.28. The van der Waals surface area contributed by atoms with Crippen molar-refractivity contribution in [3.05, 3.63) is 95.6 Å². The van der Waals surface area contributed by atoms with Gasteiger partial charge < -0.3 is 15.4 Å². The Morgan fingerprint density at radius 1 is 1.03 bits per heavy atom. The Morgan fingerprint density at radius 3 is 2.50 bits per heavy atom. The SMILES string of the molecule is N#Cc1cccc(COc2ccc(NC(C(=O)NC3CC3)c3ccccc3)cc2)c1. The van der Waals surface area contributed by atoms with Crippen LogP contribution in [0.1, 0.15) is 35.6 Å². The van der Waals surface area contributed by atoms with Gasteiger partial charge in [0.05, 0.1) is 11.6 Å². The fourth-order valence-electron chi connectivity index (χ4n) is 3.17. The van der Waals surface area contributed by atoms with E-state index in [4.69, 9.17) is 10.00 Å². The van der Waals surface area contributed by atoms with Gasteiger partial charge in [-0.05, 0) is 60.4 Å². The summed E-state index contributed by atoms with van der Waals surface area (Å²) in [5.41, 5.74) is 3.33. The smallest absolute Gasteiger partial charge is 0.247 e. The molecular weight excluding hydrogens is 374 g/mol. The van der Waals surface area contributed by atoms with Gasteiger partial charge in [-0.3, -0.25) is 4.79 Å². The maximum Gasteiger partial charge on any atom is 0.247 e. The van der Waals surface area contributed by atoms with E-state index in [9.17, 15) is 4.79 Å². The van der Waals surface area contributed by atoms with Crippen LogP contribution >= 0.6 is 0 Å². The van der Waals surface area contributed by atoms with Gasteiger partial charge in [-0.25, -0.2) is 0 Å². The minimum Gasteiger partial charge on any atom is -0.489 e. The first-order valence-electron chi connectivity index (χ1n) is 10.0. The Bertz CT molecular complexity index is 1040. The van der Waals surface area contributed by atoms with Gasteiger partial charge in [-0.15, -0.1) is 0 Å². The lowest BCUT2D eigenvalue weighted by Gasteiger charge is -2.20. The first kappa shape index (κ1) is 19.5. The molecule has 3 aromatic rings. The molecule has 1 fully saturated rings. The molecule has 4 rings (SSSR count). The molecule has 1 atom stereocenters. The van der Waals surface area contributed by atoms with Crippen molar-refractivity contribution in [3.63, 3.8) is 0 Å². The number of carbonyl (C=O) groups is 1. The lowest BCUT2D eigenvalue weighted by atomic mass is 10.1. The van der Waals surface area contributed by atoms with Crippen molar-refractivity contribution in [2.45, 2.75) is 31.5 Å². The van der Waals surface area contributed by atoms with Crippen LogP contribution in [0, 0.1) is 11.3 Å². The molecule has 1 aliphatic rings. The summed E-state index contributed by atoms with van der Waals surface area (Å²) in [5, 5.41) is 15.4. The lowest BCUT2D eigenvalue weighted by Crippen LogP contribution is -2.34. The molecule has 0 bridgehead atoms. The fourth-order valence-corrected chi connectivity index (χ4v) is 3.17. The maximum absolute atomic E-state index is 12.8. The van der Waals surface area contributed by atoms with Crippen LogP contribution in [0.25, 0.3) is 0 Å². The predicted molar refractivity (Wildman–Crippen MR) is 116 cm³/mol. The number of hydrogen-bond donors (Lipinski definition) is 2. The van der Waals surface area contributed by atoms with E-state index in [0.29, 0.717) is 18.2 Å². The molecule has 150 valence electrons. The molecule has 1 saturated carbocycles. The Balaban J connectivity index is 1.41. The van der Waals surface area contributed by atoms with E-state index in [2.05, 4.69) is 16.7 Å². The number of nitrogens with one attached hydrogen (secondary N) is 2. The monoisotopic (exact) mass is 397 g/mol. The molecule has 0 radical (unpaired) electrons. The summed E-state index contributed by atoms with van der Waals surface area (Å²) in [6, 6.07) is 26.6. The summed E-state index contributed by atoms with van der Waals surface area (Å²) >= 11 is 0. The Kier molecular flexibility index (Phi) is 5.95. The number of rotatable bonds is 8. The molecule has 3 aromatic carbocycles. The Hall–Kier alpha value is -3.78. The highest BCUT2D eigenvalue weighted by Crippen LogP contribution is 2.25. The van der Waals surface area contributed by atoms with Crippen molar-refractivity contribution < 1.29 is 9.53 Å². The molecular formula is C25H23N3O2. The van der Waals surface area contributed by atoms with E-state index in [1.54, 1.807) is 6.07 Å². The van der Waals surface area contributed by atoms with Crippen LogP contribution in [-0.4, -0.2) is 11.9 Å². The number of anilines is 1. The van der Waals surface area contributed by atoms with Gasteiger partial charge in [0.1, 0.15) is 18.4 Å². The third-order valence-corrected chi connectivity index (χ3v) is 4.95. The third-order valence-electron chi connectivity index (χ3n) is 4.95. The molecule has 1 unspecified atom stereocenters. The summed E-state index contributed by atoms with van der Waals surface area (Å²) in [6.07, 6.45) is 2.10. The van der Waals surface area contributed by atoms with Crippen LogP contribution < -0.4 is 15.4 Å². The minimum absolute atomic E-state index is 0.0126. The highest BCUT2D eigenvalue weighted by atomic mass is 16.5. The summed E-state index contributed by atoms with van der Waals surface area (Å²) < 4.78 is 5.83. The zero-order valence-corrected chi connectivity index (χ0v) is 16.5. The summed E-state index contributed by atoms with van der Waals surface area (Å²) in [6.45, 7) is 0.388. The average Bonchev–Trinajstić information content (AvgIpc) is 3.61. The molecule has 5 nitrogen and oxygen atoms in total. The molecule has 0 aliphatic heterocycles. The molecule has 0 heterocycles. The normalized spacial score (nSPS) is 13.7. The fraction of sp³-hybridized carbons (Fsp3) is 0.200. The second kappa shape index (κ2) is 9.15. The van der Waals surface area contributed by atoms with E-state index < -0.39 is 6.04 Å². The van der Waals surface area contributed by atoms with Crippen LogP contribution in [0.15, 0.2) is 78.9 Å². The Labute approximate surface area is 176 Å². The van der Waals surface area contributed by atoms with Gasteiger partial charge in [0.2, 0.25) is 5.91 Å². The van der Waals surface area contributed by atoms with E-state index in [0.717, 1.165) is 35.4 Å². The minimum atomic E-state index is -0.452. The third kappa shape index (κ3) is 5.18. The zero-order chi connectivity index (χ0) is 20.8. The van der Waals surface area contributed by atoms with E-state index in [1.807, 2.05) is 72.8 Å². The first-order valence-corrected chi connectivity index (χ1v) is 10.0. The van der Waals surface area contributed by atoms with Gasteiger partial charge in [0.25, 0.3) is 0 Å². The van der Waals surface area contributed by atoms with E-state index in [-0.39, 0.29) is 5.91 Å². The van der Waals surface area contributed by atoms with Gasteiger partial charge in [-0.2, -0.15) is 5.26 Å². The molecule has 2 N–H and O–H groups in total. The predicted octanol–water partition coefficient (Wildman–Crippen LogP) is 4.57. The van der Waals surface area contributed by atoms with Crippen LogP contribution in [0.3, 0.4) is 0 Å². The largest absolute Gasteiger partial charge is 0.489 e. The molecule has 5 heteroatoms. The second-order valence-electron chi connectivity index (χ2n) is 7.40. The topological polar surface area (TPSA) is 74.1 Å². The highest BCUT2D eigenvalue weighted by molar-refractivity contribution is 5.86. The molecule has 0 spiro atoms. The summed E-state index contributed by atoms with van der Waals surface area (Å²) in [5.74, 6) is 0.711. The van der Waals surface area contributed by atoms with Crippen molar-refractivity contribution in [1.29, 1.82) is 5.26 Å². The number of ether oxygens (including phenoxy) is 1. The first-order chi connectivity index (χ1) is 14.7. The number of nitriles is 1. The van der Waals surface area contributed by atoms with Gasteiger partial charge in [-0.1, -0.05) is 42.5 Å². The van der Waals surface area contributed by atoms with E-state index in [1.165, 1.54) is 0 Å². The Morgan fingerprint density at radius 2 is 1.80 bits per heavy atom. The van der Waals surface area contributed by atoms with Crippen LogP contribution in [0.5, 0.6) is 5.75 Å². The maximum atomic E-state index is 12.8. The number of hydrogen-bond acceptors (Lipinski definition) is 4. The van der Waals surface area contributed by atoms with Crippen molar-refractivity contribution in [2.75, 3.05) is 5.32 Å². The van der Waals surface area contributed by atoms with Crippen molar-refractivity contribution in [1.82, 2.24) is 5.32 Å².